The molecule has 3 atom stereocenters. The Morgan fingerprint density at radius 1 is 1.37 bits per heavy atom. The Morgan fingerprint density at radius 3 is 2.53 bits per heavy atom. The maximum Gasteiger partial charge on any atom is 0.309 e. The topological polar surface area (TPSA) is 30.7 Å². The molecular weight excluding hydrogens is 238 g/mol. The quantitative estimate of drug-likeness (QED) is 0.574. The van der Waals surface area contributed by atoms with Crippen LogP contribution < -0.4 is 0 Å². The molecule has 0 amide bonds. The van der Waals surface area contributed by atoms with Gasteiger partial charge in [-0.25, -0.2) is 6.57 Å². The van der Waals surface area contributed by atoms with E-state index in [9.17, 15) is 4.79 Å². The number of esters is 1. The van der Waals surface area contributed by atoms with E-state index in [2.05, 4.69) is 4.85 Å². The zero-order valence-corrected chi connectivity index (χ0v) is 11.9. The zero-order valence-electron chi connectivity index (χ0n) is 11.9. The number of carbonyl (C=O) groups excluding carboxylic acids is 1. The van der Waals surface area contributed by atoms with Crippen molar-refractivity contribution < 1.29 is 9.53 Å². The SMILES string of the molecule is [C-]#[N+]C12CC3CC(C1)CC(OC(=O)C(C)CC)(C3)C2. The van der Waals surface area contributed by atoms with Crippen molar-refractivity contribution >= 4 is 5.97 Å². The molecule has 0 saturated heterocycles. The first kappa shape index (κ1) is 13.0. The Bertz CT molecular complexity index is 423. The first-order chi connectivity index (χ1) is 9.00. The first-order valence-electron chi connectivity index (χ1n) is 7.61. The highest BCUT2D eigenvalue weighted by Gasteiger charge is 2.63. The predicted molar refractivity (Wildman–Crippen MR) is 72.3 cm³/mol. The van der Waals surface area contributed by atoms with E-state index in [0.29, 0.717) is 11.8 Å². The molecule has 0 spiro atoms. The van der Waals surface area contributed by atoms with Crippen LogP contribution in [0.4, 0.5) is 0 Å². The molecule has 0 aromatic rings. The molecule has 3 nitrogen and oxygen atoms in total. The number of ether oxygens (including phenoxy) is 1. The van der Waals surface area contributed by atoms with Crippen molar-refractivity contribution in [3.05, 3.63) is 11.4 Å². The van der Waals surface area contributed by atoms with Crippen LogP contribution in [0.5, 0.6) is 0 Å². The third-order valence-electron chi connectivity index (χ3n) is 5.55. The Labute approximate surface area is 115 Å². The van der Waals surface area contributed by atoms with Crippen molar-refractivity contribution in [3.8, 4) is 0 Å². The fourth-order valence-electron chi connectivity index (χ4n) is 4.86. The molecule has 3 heteroatoms. The molecule has 4 aliphatic carbocycles. The van der Waals surface area contributed by atoms with Gasteiger partial charge >= 0.3 is 5.97 Å². The van der Waals surface area contributed by atoms with Crippen molar-refractivity contribution in [1.82, 2.24) is 0 Å². The molecule has 0 aromatic heterocycles. The van der Waals surface area contributed by atoms with Crippen LogP contribution in [0.15, 0.2) is 0 Å². The standard InChI is InChI=1S/C16H23NO2/c1-4-11(2)14(18)19-16-8-12-5-13(9-16)7-15(6-12,10-16)17-3/h11-13H,4-10H2,1-2H3. The summed E-state index contributed by atoms with van der Waals surface area (Å²) in [7, 11) is 0. The molecule has 0 aliphatic heterocycles. The molecule has 3 unspecified atom stereocenters. The summed E-state index contributed by atoms with van der Waals surface area (Å²) in [5, 5.41) is 0. The van der Waals surface area contributed by atoms with E-state index in [1.165, 1.54) is 6.42 Å². The van der Waals surface area contributed by atoms with Gasteiger partial charge in [-0.05, 0) is 37.5 Å². The van der Waals surface area contributed by atoms with Crippen molar-refractivity contribution in [2.24, 2.45) is 17.8 Å². The lowest BCUT2D eigenvalue weighted by Gasteiger charge is -2.56. The van der Waals surface area contributed by atoms with E-state index in [1.807, 2.05) is 13.8 Å². The van der Waals surface area contributed by atoms with Crippen molar-refractivity contribution in [2.75, 3.05) is 0 Å². The molecule has 0 N–H and O–H groups in total. The van der Waals surface area contributed by atoms with Crippen LogP contribution in [-0.2, 0) is 9.53 Å². The predicted octanol–water partition coefficient (Wildman–Crippen LogP) is 3.59. The molecule has 4 fully saturated rings. The third-order valence-corrected chi connectivity index (χ3v) is 5.55. The molecule has 4 saturated carbocycles. The number of hydrogen-bond donors (Lipinski definition) is 0. The van der Waals surface area contributed by atoms with E-state index in [4.69, 9.17) is 11.3 Å². The highest BCUT2D eigenvalue weighted by molar-refractivity contribution is 5.72. The Kier molecular flexibility index (Phi) is 2.89. The van der Waals surface area contributed by atoms with Gasteiger partial charge in [0.05, 0.1) is 12.3 Å². The van der Waals surface area contributed by atoms with Gasteiger partial charge in [-0.2, -0.15) is 0 Å². The van der Waals surface area contributed by atoms with Crippen LogP contribution in [0.25, 0.3) is 4.85 Å². The molecule has 104 valence electrons. The first-order valence-corrected chi connectivity index (χ1v) is 7.61. The zero-order chi connectivity index (χ0) is 13.7. The number of rotatable bonds is 3. The monoisotopic (exact) mass is 261 g/mol. The van der Waals surface area contributed by atoms with Gasteiger partial charge in [0, 0.05) is 12.8 Å². The van der Waals surface area contributed by atoms with Gasteiger partial charge in [-0.15, -0.1) is 0 Å². The van der Waals surface area contributed by atoms with Crippen molar-refractivity contribution in [1.29, 1.82) is 0 Å². The Hall–Kier alpha value is -1.04. The number of hydrogen-bond acceptors (Lipinski definition) is 2. The summed E-state index contributed by atoms with van der Waals surface area (Å²) in [6.07, 6.45) is 6.95. The normalized spacial score (nSPS) is 44.7. The van der Waals surface area contributed by atoms with Crippen molar-refractivity contribution in [3.63, 3.8) is 0 Å². The van der Waals surface area contributed by atoms with Gasteiger partial charge in [-0.1, -0.05) is 13.8 Å². The molecule has 0 aromatic carbocycles. The highest BCUT2D eigenvalue weighted by Crippen LogP contribution is 2.60. The fourth-order valence-corrected chi connectivity index (χ4v) is 4.86. The average molecular weight is 261 g/mol. The van der Waals surface area contributed by atoms with Crippen LogP contribution in [0, 0.1) is 24.3 Å². The summed E-state index contributed by atoms with van der Waals surface area (Å²) in [5.74, 6) is 1.15. The summed E-state index contributed by atoms with van der Waals surface area (Å²) in [4.78, 5) is 16.1. The van der Waals surface area contributed by atoms with Crippen LogP contribution in [-0.4, -0.2) is 17.1 Å². The second-order valence-electron chi connectivity index (χ2n) is 7.21. The van der Waals surface area contributed by atoms with E-state index in [0.717, 1.165) is 38.5 Å². The van der Waals surface area contributed by atoms with E-state index in [-0.39, 0.29) is 23.0 Å². The minimum Gasteiger partial charge on any atom is -0.459 e. The Balaban J connectivity index is 1.81. The van der Waals surface area contributed by atoms with Crippen LogP contribution >= 0.6 is 0 Å². The maximum atomic E-state index is 12.2. The lowest BCUT2D eigenvalue weighted by molar-refractivity contribution is -0.190. The fraction of sp³-hybridized carbons (Fsp3) is 0.875. The lowest BCUT2D eigenvalue weighted by atomic mass is 9.51. The minimum atomic E-state index is -0.296. The van der Waals surface area contributed by atoms with Gasteiger partial charge in [0.25, 0.3) is 0 Å². The molecular formula is C16H23NO2. The third kappa shape index (κ3) is 2.06. The van der Waals surface area contributed by atoms with E-state index >= 15 is 0 Å². The van der Waals surface area contributed by atoms with Gasteiger partial charge in [0.15, 0.2) is 0 Å². The van der Waals surface area contributed by atoms with Gasteiger partial charge in [-0.3, -0.25) is 4.79 Å². The summed E-state index contributed by atoms with van der Waals surface area (Å²) >= 11 is 0. The van der Waals surface area contributed by atoms with E-state index < -0.39 is 0 Å². The van der Waals surface area contributed by atoms with Gasteiger partial charge < -0.3 is 9.58 Å². The van der Waals surface area contributed by atoms with Gasteiger partial charge in [0.1, 0.15) is 5.60 Å². The largest absolute Gasteiger partial charge is 0.459 e. The second-order valence-corrected chi connectivity index (χ2v) is 7.21. The molecule has 0 radical (unpaired) electrons. The average Bonchev–Trinajstić information content (AvgIpc) is 2.35. The maximum absolute atomic E-state index is 12.2. The summed E-state index contributed by atoms with van der Waals surface area (Å²) in [6, 6.07) is 0. The lowest BCUT2D eigenvalue weighted by Crippen LogP contribution is -2.59. The summed E-state index contributed by atoms with van der Waals surface area (Å²) < 4.78 is 5.95. The van der Waals surface area contributed by atoms with Crippen LogP contribution in [0.1, 0.15) is 58.8 Å². The summed E-state index contributed by atoms with van der Waals surface area (Å²) in [5.41, 5.74) is -0.505. The summed E-state index contributed by atoms with van der Waals surface area (Å²) in [6.45, 7) is 11.5. The molecule has 0 heterocycles. The Morgan fingerprint density at radius 2 is 2.00 bits per heavy atom. The van der Waals surface area contributed by atoms with E-state index in [1.54, 1.807) is 0 Å². The number of nitrogens with zero attached hydrogens (tertiary/aromatic N) is 1. The highest BCUT2D eigenvalue weighted by atomic mass is 16.6. The second kappa shape index (κ2) is 4.23. The van der Waals surface area contributed by atoms with Gasteiger partial charge in [0.2, 0.25) is 5.54 Å². The molecule has 4 aliphatic rings. The smallest absolute Gasteiger partial charge is 0.309 e. The molecule has 19 heavy (non-hydrogen) atoms. The number of carbonyl (C=O) groups is 1. The molecule has 4 rings (SSSR count). The van der Waals surface area contributed by atoms with Crippen molar-refractivity contribution in [2.45, 2.75) is 69.9 Å². The molecule has 4 bridgehead atoms. The minimum absolute atomic E-state index is 0.0168. The van der Waals surface area contributed by atoms with Crippen LogP contribution in [0.3, 0.4) is 0 Å². The van der Waals surface area contributed by atoms with Crippen LogP contribution in [0.2, 0.25) is 0 Å².